The number of fused-ring (bicyclic) bond motifs is 1. The molecular weight excluding hydrogens is 398 g/mol. The maximum Gasteiger partial charge on any atom is 0.258 e. The van der Waals surface area contributed by atoms with Crippen LogP contribution >= 0.6 is 0 Å². The van der Waals surface area contributed by atoms with E-state index in [-0.39, 0.29) is 29.7 Å². The van der Waals surface area contributed by atoms with Crippen LogP contribution in [0, 0.1) is 6.92 Å². The summed E-state index contributed by atoms with van der Waals surface area (Å²) in [6.07, 6.45) is -0.138. The molecule has 4 rings (SSSR count). The third kappa shape index (κ3) is 4.25. The van der Waals surface area contributed by atoms with Crippen molar-refractivity contribution in [3.05, 3.63) is 70.0 Å². The molecule has 158 valence electrons. The van der Waals surface area contributed by atoms with Crippen LogP contribution < -0.4 is 26.2 Å². The number of ether oxygens (including phenoxy) is 1. The van der Waals surface area contributed by atoms with Gasteiger partial charge >= 0.3 is 0 Å². The number of carbonyl (C=O) groups is 2. The highest BCUT2D eigenvalue weighted by molar-refractivity contribution is 6.04. The maximum absolute atomic E-state index is 12.9. The van der Waals surface area contributed by atoms with Crippen molar-refractivity contribution in [2.24, 2.45) is 0 Å². The molecule has 9 nitrogen and oxygen atoms in total. The lowest BCUT2D eigenvalue weighted by Gasteiger charge is -2.24. The highest BCUT2D eigenvalue weighted by Crippen LogP contribution is 2.30. The molecule has 0 saturated heterocycles. The smallest absolute Gasteiger partial charge is 0.258 e. The standard InChI is InChI=1S/C22H21N5O4/c1-12-5-3-4-6-16(12)24-20(29)15-11-17(28)25-19-18(15)21(30)27-22(26-19)23-13-7-9-14(31-2)10-8-13/h3-10,15H,11H2,1-2H3,(H,24,29)(H3,23,25,26,27,28,30)/t15-/m0/s1. The van der Waals surface area contributed by atoms with E-state index < -0.39 is 17.4 Å². The number of nitrogens with zero attached hydrogens (tertiary/aromatic N) is 1. The zero-order chi connectivity index (χ0) is 22.0. The number of nitrogens with one attached hydrogen (secondary N) is 4. The molecule has 0 spiro atoms. The largest absolute Gasteiger partial charge is 0.497 e. The third-order valence-corrected chi connectivity index (χ3v) is 5.02. The van der Waals surface area contributed by atoms with Gasteiger partial charge in [-0.3, -0.25) is 19.4 Å². The van der Waals surface area contributed by atoms with Gasteiger partial charge < -0.3 is 20.7 Å². The molecule has 0 bridgehead atoms. The lowest BCUT2D eigenvalue weighted by atomic mass is 9.92. The van der Waals surface area contributed by atoms with E-state index in [4.69, 9.17) is 4.74 Å². The van der Waals surface area contributed by atoms with E-state index in [1.807, 2.05) is 19.1 Å². The molecule has 31 heavy (non-hydrogen) atoms. The maximum atomic E-state index is 12.9. The van der Waals surface area contributed by atoms with E-state index in [9.17, 15) is 14.4 Å². The van der Waals surface area contributed by atoms with Crippen LogP contribution in [-0.2, 0) is 9.59 Å². The molecule has 0 radical (unpaired) electrons. The Labute approximate surface area is 177 Å². The fourth-order valence-electron chi connectivity index (χ4n) is 3.40. The Balaban J connectivity index is 1.62. The Morgan fingerprint density at radius 2 is 1.87 bits per heavy atom. The van der Waals surface area contributed by atoms with Crippen molar-refractivity contribution < 1.29 is 14.3 Å². The van der Waals surface area contributed by atoms with E-state index in [1.165, 1.54) is 0 Å². The zero-order valence-electron chi connectivity index (χ0n) is 17.0. The molecule has 1 aliphatic rings. The molecule has 0 fully saturated rings. The van der Waals surface area contributed by atoms with Gasteiger partial charge in [-0.1, -0.05) is 18.2 Å². The number of benzene rings is 2. The highest BCUT2D eigenvalue weighted by atomic mass is 16.5. The minimum absolute atomic E-state index is 0.0703. The number of H-pyrrole nitrogens is 1. The van der Waals surface area contributed by atoms with Crippen LogP contribution in [0.5, 0.6) is 5.75 Å². The van der Waals surface area contributed by atoms with Crippen molar-refractivity contribution in [3.8, 4) is 5.75 Å². The molecule has 1 aliphatic heterocycles. The lowest BCUT2D eigenvalue weighted by Crippen LogP contribution is -2.36. The number of aryl methyl sites for hydroxylation is 1. The predicted molar refractivity (Wildman–Crippen MR) is 117 cm³/mol. The number of carbonyl (C=O) groups excluding carboxylic acids is 2. The van der Waals surface area contributed by atoms with Crippen molar-refractivity contribution >= 4 is 35.0 Å². The topological polar surface area (TPSA) is 125 Å². The number of rotatable bonds is 5. The Bertz CT molecular complexity index is 1200. The fraction of sp³-hybridized carbons (Fsp3) is 0.182. The fourth-order valence-corrected chi connectivity index (χ4v) is 3.40. The number of aromatic amines is 1. The van der Waals surface area contributed by atoms with Gasteiger partial charge in [0.25, 0.3) is 5.56 Å². The molecule has 3 aromatic rings. The average Bonchev–Trinajstić information content (AvgIpc) is 2.75. The number of anilines is 4. The van der Waals surface area contributed by atoms with Gasteiger partial charge in [0.1, 0.15) is 11.6 Å². The van der Waals surface area contributed by atoms with Crippen LogP contribution in [0.15, 0.2) is 53.3 Å². The lowest BCUT2D eigenvalue weighted by molar-refractivity contribution is -0.123. The van der Waals surface area contributed by atoms with Crippen LogP contribution in [0.2, 0.25) is 0 Å². The minimum atomic E-state index is -0.949. The van der Waals surface area contributed by atoms with Gasteiger partial charge in [-0.05, 0) is 42.8 Å². The van der Waals surface area contributed by atoms with E-state index in [0.29, 0.717) is 17.1 Å². The monoisotopic (exact) mass is 419 g/mol. The van der Waals surface area contributed by atoms with Gasteiger partial charge in [-0.25, -0.2) is 0 Å². The first kappa shape index (κ1) is 20.1. The number of aromatic nitrogens is 2. The molecule has 4 N–H and O–H groups in total. The quantitative estimate of drug-likeness (QED) is 0.504. The van der Waals surface area contributed by atoms with Gasteiger partial charge in [0.2, 0.25) is 17.8 Å². The number of amides is 2. The second-order valence-corrected chi connectivity index (χ2v) is 7.14. The molecule has 0 unspecified atom stereocenters. The molecule has 1 atom stereocenters. The van der Waals surface area contributed by atoms with Gasteiger partial charge in [0, 0.05) is 17.8 Å². The zero-order valence-corrected chi connectivity index (χ0v) is 17.0. The third-order valence-electron chi connectivity index (χ3n) is 5.02. The number of methoxy groups -OCH3 is 1. The highest BCUT2D eigenvalue weighted by Gasteiger charge is 2.34. The van der Waals surface area contributed by atoms with Gasteiger partial charge in [-0.2, -0.15) is 4.98 Å². The Kier molecular flexibility index (Phi) is 5.40. The van der Waals surface area contributed by atoms with Gasteiger partial charge in [-0.15, -0.1) is 0 Å². The summed E-state index contributed by atoms with van der Waals surface area (Å²) < 4.78 is 5.12. The van der Waals surface area contributed by atoms with Crippen molar-refractivity contribution in [1.29, 1.82) is 0 Å². The molecule has 1 aromatic heterocycles. The molecule has 0 saturated carbocycles. The molecule has 0 aliphatic carbocycles. The van der Waals surface area contributed by atoms with Crippen molar-refractivity contribution in [2.45, 2.75) is 19.3 Å². The summed E-state index contributed by atoms with van der Waals surface area (Å²) in [5.74, 6) is -0.864. The normalized spacial score (nSPS) is 14.9. The summed E-state index contributed by atoms with van der Waals surface area (Å²) in [5, 5.41) is 8.38. The first-order valence-corrected chi connectivity index (χ1v) is 9.66. The average molecular weight is 419 g/mol. The number of para-hydroxylation sites is 1. The second-order valence-electron chi connectivity index (χ2n) is 7.14. The second kappa shape index (κ2) is 8.31. The van der Waals surface area contributed by atoms with Crippen molar-refractivity contribution in [1.82, 2.24) is 9.97 Å². The Morgan fingerprint density at radius 3 is 2.58 bits per heavy atom. The van der Waals surface area contributed by atoms with E-state index in [0.717, 1.165) is 5.56 Å². The van der Waals surface area contributed by atoms with Crippen molar-refractivity contribution in [3.63, 3.8) is 0 Å². The summed E-state index contributed by atoms with van der Waals surface area (Å²) in [6.45, 7) is 1.86. The summed E-state index contributed by atoms with van der Waals surface area (Å²) in [4.78, 5) is 44.9. The van der Waals surface area contributed by atoms with Crippen LogP contribution in [0.3, 0.4) is 0 Å². The Hall–Kier alpha value is -4.14. The van der Waals surface area contributed by atoms with E-state index in [2.05, 4.69) is 25.9 Å². The minimum Gasteiger partial charge on any atom is -0.497 e. The first-order valence-electron chi connectivity index (χ1n) is 9.66. The summed E-state index contributed by atoms with van der Waals surface area (Å²) in [6, 6.07) is 14.3. The SMILES string of the molecule is COc1ccc(Nc2nc3c(c(=O)[nH]2)[C@@H](C(=O)Nc2ccccc2C)CC(=O)N3)cc1. The first-order chi connectivity index (χ1) is 14.9. The Morgan fingerprint density at radius 1 is 1.13 bits per heavy atom. The summed E-state index contributed by atoms with van der Waals surface area (Å²) >= 11 is 0. The van der Waals surface area contributed by atoms with Gasteiger partial charge in [0.05, 0.1) is 18.6 Å². The van der Waals surface area contributed by atoms with E-state index >= 15 is 0 Å². The van der Waals surface area contributed by atoms with Crippen LogP contribution in [0.1, 0.15) is 23.5 Å². The molecule has 2 amide bonds. The predicted octanol–water partition coefficient (Wildman–Crippen LogP) is 2.90. The van der Waals surface area contributed by atoms with Crippen LogP contribution in [-0.4, -0.2) is 28.9 Å². The van der Waals surface area contributed by atoms with Crippen LogP contribution in [0.4, 0.5) is 23.1 Å². The molecular formula is C22H21N5O4. The van der Waals surface area contributed by atoms with E-state index in [1.54, 1.807) is 43.5 Å². The summed E-state index contributed by atoms with van der Waals surface area (Å²) in [5.41, 5.74) is 1.81. The number of hydrogen-bond donors (Lipinski definition) is 4. The number of hydrogen-bond acceptors (Lipinski definition) is 6. The van der Waals surface area contributed by atoms with Crippen molar-refractivity contribution in [2.75, 3.05) is 23.1 Å². The molecule has 2 aromatic carbocycles. The van der Waals surface area contributed by atoms with Gasteiger partial charge in [0.15, 0.2) is 0 Å². The molecule has 2 heterocycles. The van der Waals surface area contributed by atoms with Crippen LogP contribution in [0.25, 0.3) is 0 Å². The molecule has 9 heteroatoms. The summed E-state index contributed by atoms with van der Waals surface area (Å²) in [7, 11) is 1.57.